The lowest BCUT2D eigenvalue weighted by Crippen LogP contribution is -2.36. The van der Waals surface area contributed by atoms with Crippen LogP contribution in [0.5, 0.6) is 0 Å². The molecule has 0 amide bonds. The smallest absolute Gasteiger partial charge is 0.191 e. The van der Waals surface area contributed by atoms with Crippen molar-refractivity contribution >= 4 is 17.3 Å². The number of aliphatic imine (C=N–C) groups is 1. The maximum Gasteiger partial charge on any atom is 0.191 e. The van der Waals surface area contributed by atoms with Crippen molar-refractivity contribution in [1.29, 1.82) is 0 Å². The molecule has 0 bridgehead atoms. The van der Waals surface area contributed by atoms with Crippen LogP contribution < -0.4 is 10.6 Å². The number of thiophene rings is 1. The van der Waals surface area contributed by atoms with Crippen LogP contribution in [0.4, 0.5) is 0 Å². The topological polar surface area (TPSA) is 49.3 Å². The van der Waals surface area contributed by atoms with E-state index in [2.05, 4.69) is 39.7 Å². The zero-order valence-corrected chi connectivity index (χ0v) is 12.9. The minimum atomic E-state index is 0.671. The molecule has 0 radical (unpaired) electrons. The fraction of sp³-hybridized carbons (Fsp3) is 0.333. The maximum atomic E-state index is 4.46. The van der Waals surface area contributed by atoms with Crippen LogP contribution in [-0.4, -0.2) is 18.0 Å². The van der Waals surface area contributed by atoms with Crippen LogP contribution in [0.2, 0.25) is 0 Å². The van der Waals surface area contributed by atoms with Gasteiger partial charge in [0, 0.05) is 22.5 Å². The third kappa shape index (κ3) is 4.35. The van der Waals surface area contributed by atoms with Gasteiger partial charge in [0.2, 0.25) is 0 Å². The molecule has 0 aliphatic heterocycles. The molecule has 5 heteroatoms. The first-order chi connectivity index (χ1) is 9.67. The molecule has 2 aromatic heterocycles. The zero-order chi connectivity index (χ0) is 14.4. The van der Waals surface area contributed by atoms with Gasteiger partial charge in [-0.15, -0.1) is 11.3 Å². The predicted octanol–water partition coefficient (Wildman–Crippen LogP) is 2.63. The zero-order valence-electron chi connectivity index (χ0n) is 12.1. The Morgan fingerprint density at radius 2 is 1.95 bits per heavy atom. The number of aryl methyl sites for hydroxylation is 2. The third-order valence-corrected chi connectivity index (χ3v) is 3.83. The largest absolute Gasteiger partial charge is 0.352 e. The van der Waals surface area contributed by atoms with Crippen molar-refractivity contribution < 1.29 is 0 Å². The molecule has 0 spiro atoms. The number of guanidine groups is 1. The SMILES string of the molecule is CN=C(NCc1cccc(C)n1)NCc1ccc(C)s1. The average molecular weight is 288 g/mol. The fourth-order valence-electron chi connectivity index (χ4n) is 1.84. The van der Waals surface area contributed by atoms with Gasteiger partial charge in [0.15, 0.2) is 5.96 Å². The molecule has 0 atom stereocenters. The van der Waals surface area contributed by atoms with Gasteiger partial charge < -0.3 is 10.6 Å². The normalized spacial score (nSPS) is 11.4. The number of aromatic nitrogens is 1. The van der Waals surface area contributed by atoms with E-state index >= 15 is 0 Å². The van der Waals surface area contributed by atoms with E-state index in [1.807, 2.05) is 25.1 Å². The van der Waals surface area contributed by atoms with E-state index in [9.17, 15) is 0 Å². The summed E-state index contributed by atoms with van der Waals surface area (Å²) in [4.78, 5) is 11.3. The molecule has 20 heavy (non-hydrogen) atoms. The Labute approximate surface area is 124 Å². The van der Waals surface area contributed by atoms with Gasteiger partial charge in [0.25, 0.3) is 0 Å². The molecular weight excluding hydrogens is 268 g/mol. The Morgan fingerprint density at radius 1 is 1.15 bits per heavy atom. The van der Waals surface area contributed by atoms with Gasteiger partial charge in [-0.2, -0.15) is 0 Å². The molecule has 2 N–H and O–H groups in total. The van der Waals surface area contributed by atoms with E-state index < -0.39 is 0 Å². The molecule has 0 saturated carbocycles. The summed E-state index contributed by atoms with van der Waals surface area (Å²) in [5.41, 5.74) is 2.04. The van der Waals surface area contributed by atoms with Crippen molar-refractivity contribution in [2.24, 2.45) is 4.99 Å². The minimum absolute atomic E-state index is 0.671. The van der Waals surface area contributed by atoms with Gasteiger partial charge in [-0.05, 0) is 38.1 Å². The predicted molar refractivity (Wildman–Crippen MR) is 85.1 cm³/mol. The number of rotatable bonds is 4. The molecule has 4 nitrogen and oxygen atoms in total. The number of hydrogen-bond acceptors (Lipinski definition) is 3. The van der Waals surface area contributed by atoms with Gasteiger partial charge in [-0.3, -0.25) is 9.98 Å². The molecule has 106 valence electrons. The number of pyridine rings is 1. The molecule has 0 saturated heterocycles. The highest BCUT2D eigenvalue weighted by molar-refractivity contribution is 7.11. The lowest BCUT2D eigenvalue weighted by molar-refractivity contribution is 0.796. The second-order valence-corrected chi connectivity index (χ2v) is 5.93. The highest BCUT2D eigenvalue weighted by atomic mass is 32.1. The monoisotopic (exact) mass is 288 g/mol. The van der Waals surface area contributed by atoms with Gasteiger partial charge in [-0.1, -0.05) is 6.07 Å². The van der Waals surface area contributed by atoms with Crippen molar-refractivity contribution in [3.05, 3.63) is 51.5 Å². The summed E-state index contributed by atoms with van der Waals surface area (Å²) in [7, 11) is 1.78. The Balaban J connectivity index is 1.84. The van der Waals surface area contributed by atoms with Gasteiger partial charge in [0.1, 0.15) is 0 Å². The first kappa shape index (κ1) is 14.5. The molecular formula is C15H20N4S. The average Bonchev–Trinajstić information content (AvgIpc) is 2.85. The lowest BCUT2D eigenvalue weighted by Gasteiger charge is -2.11. The standard InChI is InChI=1S/C15H20N4S/c1-11-5-4-6-13(19-11)9-17-15(16-3)18-10-14-8-7-12(2)20-14/h4-8H,9-10H2,1-3H3,(H2,16,17,18). The molecule has 0 aliphatic carbocycles. The number of hydrogen-bond donors (Lipinski definition) is 2. The second kappa shape index (κ2) is 7.05. The van der Waals surface area contributed by atoms with Crippen LogP contribution in [0.1, 0.15) is 21.1 Å². The second-order valence-electron chi connectivity index (χ2n) is 4.56. The van der Waals surface area contributed by atoms with Crippen LogP contribution in [0, 0.1) is 13.8 Å². The lowest BCUT2D eigenvalue weighted by atomic mass is 10.3. The Bertz CT molecular complexity index is 589. The van der Waals surface area contributed by atoms with E-state index in [1.165, 1.54) is 9.75 Å². The van der Waals surface area contributed by atoms with E-state index in [1.54, 1.807) is 18.4 Å². The summed E-state index contributed by atoms with van der Waals surface area (Å²) >= 11 is 1.80. The van der Waals surface area contributed by atoms with E-state index in [-0.39, 0.29) is 0 Å². The summed E-state index contributed by atoms with van der Waals surface area (Å²) < 4.78 is 0. The summed E-state index contributed by atoms with van der Waals surface area (Å²) in [6.07, 6.45) is 0. The highest BCUT2D eigenvalue weighted by Crippen LogP contribution is 2.14. The van der Waals surface area contributed by atoms with Gasteiger partial charge >= 0.3 is 0 Å². The summed E-state index contributed by atoms with van der Waals surface area (Å²) in [5, 5.41) is 6.58. The van der Waals surface area contributed by atoms with E-state index in [4.69, 9.17) is 0 Å². The van der Waals surface area contributed by atoms with Crippen LogP contribution >= 0.6 is 11.3 Å². The Kier molecular flexibility index (Phi) is 5.12. The maximum absolute atomic E-state index is 4.46. The van der Waals surface area contributed by atoms with Crippen molar-refractivity contribution in [1.82, 2.24) is 15.6 Å². The number of nitrogens with zero attached hydrogens (tertiary/aromatic N) is 2. The molecule has 0 aromatic carbocycles. The van der Waals surface area contributed by atoms with Gasteiger partial charge in [-0.25, -0.2) is 0 Å². The molecule has 0 fully saturated rings. The fourth-order valence-corrected chi connectivity index (χ4v) is 2.67. The molecule has 2 rings (SSSR count). The van der Waals surface area contributed by atoms with Crippen LogP contribution in [0.15, 0.2) is 35.3 Å². The quantitative estimate of drug-likeness (QED) is 0.671. The first-order valence-corrected chi connectivity index (χ1v) is 7.41. The third-order valence-electron chi connectivity index (χ3n) is 2.83. The Hall–Kier alpha value is -1.88. The van der Waals surface area contributed by atoms with Crippen LogP contribution in [-0.2, 0) is 13.1 Å². The molecule has 2 heterocycles. The van der Waals surface area contributed by atoms with Crippen LogP contribution in [0.25, 0.3) is 0 Å². The highest BCUT2D eigenvalue weighted by Gasteiger charge is 2.01. The summed E-state index contributed by atoms with van der Waals surface area (Å²) in [6, 6.07) is 10.3. The molecule has 0 unspecified atom stereocenters. The van der Waals surface area contributed by atoms with Crippen molar-refractivity contribution in [3.8, 4) is 0 Å². The van der Waals surface area contributed by atoms with Crippen molar-refractivity contribution in [2.75, 3.05) is 7.05 Å². The minimum Gasteiger partial charge on any atom is -0.352 e. The van der Waals surface area contributed by atoms with Crippen LogP contribution in [0.3, 0.4) is 0 Å². The first-order valence-electron chi connectivity index (χ1n) is 6.60. The summed E-state index contributed by atoms with van der Waals surface area (Å²) in [5.74, 6) is 0.791. The number of nitrogens with one attached hydrogen (secondary N) is 2. The Morgan fingerprint density at radius 3 is 2.60 bits per heavy atom. The molecule has 0 aliphatic rings. The summed E-state index contributed by atoms with van der Waals surface area (Å²) in [6.45, 7) is 5.57. The van der Waals surface area contributed by atoms with E-state index in [0.29, 0.717) is 6.54 Å². The van der Waals surface area contributed by atoms with Crippen molar-refractivity contribution in [2.45, 2.75) is 26.9 Å². The molecule has 2 aromatic rings. The van der Waals surface area contributed by atoms with E-state index in [0.717, 1.165) is 23.9 Å². The van der Waals surface area contributed by atoms with Gasteiger partial charge in [0.05, 0.1) is 18.8 Å². The van der Waals surface area contributed by atoms with Crippen molar-refractivity contribution in [3.63, 3.8) is 0 Å².